The second-order valence-corrected chi connectivity index (χ2v) is 6.28. The van der Waals surface area contributed by atoms with Gasteiger partial charge in [-0.15, -0.1) is 0 Å². The Morgan fingerprint density at radius 2 is 2.35 bits per heavy atom. The van der Waals surface area contributed by atoms with Crippen LogP contribution in [0.2, 0.25) is 0 Å². The third-order valence-corrected chi connectivity index (χ3v) is 4.38. The Morgan fingerprint density at radius 1 is 1.46 bits per heavy atom. The maximum absolute atomic E-state index is 11.8. The highest BCUT2D eigenvalue weighted by atomic mass is 16.5. The van der Waals surface area contributed by atoms with Crippen LogP contribution in [0.1, 0.15) is 40.9 Å². The number of carbonyl (C=O) groups excluding carboxylic acids is 1. The normalized spacial score (nSPS) is 17.1. The zero-order chi connectivity index (χ0) is 18.4. The molecule has 6 heteroatoms. The van der Waals surface area contributed by atoms with Crippen molar-refractivity contribution in [3.8, 4) is 5.75 Å². The van der Waals surface area contributed by atoms with E-state index in [0.29, 0.717) is 25.3 Å². The van der Waals surface area contributed by atoms with Crippen molar-refractivity contribution in [1.82, 2.24) is 10.3 Å². The monoisotopic (exact) mass is 356 g/mol. The van der Waals surface area contributed by atoms with E-state index >= 15 is 0 Å². The summed E-state index contributed by atoms with van der Waals surface area (Å²) in [7, 11) is 0. The van der Waals surface area contributed by atoms with Gasteiger partial charge in [-0.25, -0.2) is 4.79 Å². The minimum atomic E-state index is -0.591. The quantitative estimate of drug-likeness (QED) is 0.741. The third-order valence-electron chi connectivity index (χ3n) is 4.38. The van der Waals surface area contributed by atoms with Crippen LogP contribution in [0.3, 0.4) is 0 Å². The second kappa shape index (κ2) is 8.78. The van der Waals surface area contributed by atoms with Gasteiger partial charge in [0.15, 0.2) is 0 Å². The van der Waals surface area contributed by atoms with Crippen molar-refractivity contribution in [2.75, 3.05) is 19.7 Å². The van der Waals surface area contributed by atoms with E-state index < -0.39 is 6.10 Å². The molecule has 138 valence electrons. The number of nitrogens with zero attached hydrogens (tertiary/aromatic N) is 1. The molecule has 0 amide bonds. The summed E-state index contributed by atoms with van der Waals surface area (Å²) in [6.45, 7) is 3.25. The van der Waals surface area contributed by atoms with Crippen LogP contribution in [-0.4, -0.2) is 41.9 Å². The lowest BCUT2D eigenvalue weighted by atomic mass is 10.00. The molecule has 0 saturated heterocycles. The minimum absolute atomic E-state index is 0.0389. The molecule has 1 aromatic carbocycles. The van der Waals surface area contributed by atoms with E-state index in [2.05, 4.69) is 10.3 Å². The third kappa shape index (κ3) is 4.59. The average Bonchev–Trinajstić information content (AvgIpc) is 2.68. The van der Waals surface area contributed by atoms with Gasteiger partial charge in [-0.3, -0.25) is 4.98 Å². The molecule has 2 heterocycles. The molecule has 0 fully saturated rings. The van der Waals surface area contributed by atoms with Gasteiger partial charge in [0.2, 0.25) is 0 Å². The summed E-state index contributed by atoms with van der Waals surface area (Å²) in [6, 6.07) is 9.08. The number of hydrogen-bond donors (Lipinski definition) is 2. The number of benzene rings is 1. The van der Waals surface area contributed by atoms with Crippen LogP contribution in [-0.2, 0) is 11.2 Å². The summed E-state index contributed by atoms with van der Waals surface area (Å²) in [5.74, 6) is 0.507. The maximum Gasteiger partial charge on any atom is 0.338 e. The molecule has 1 aliphatic heterocycles. The highest BCUT2D eigenvalue weighted by molar-refractivity contribution is 5.89. The molecular formula is C20H24N2O4. The van der Waals surface area contributed by atoms with Gasteiger partial charge < -0.3 is 19.9 Å². The van der Waals surface area contributed by atoms with Crippen LogP contribution in [0.4, 0.5) is 0 Å². The van der Waals surface area contributed by atoms with Gasteiger partial charge in [0.1, 0.15) is 11.9 Å². The number of aryl methyl sites for hydroxylation is 1. The van der Waals surface area contributed by atoms with Crippen molar-refractivity contribution >= 4 is 5.97 Å². The fourth-order valence-corrected chi connectivity index (χ4v) is 3.00. The van der Waals surface area contributed by atoms with Crippen molar-refractivity contribution in [3.05, 3.63) is 59.4 Å². The smallest absolute Gasteiger partial charge is 0.338 e. The van der Waals surface area contributed by atoms with E-state index in [-0.39, 0.29) is 12.1 Å². The molecule has 6 nitrogen and oxygen atoms in total. The van der Waals surface area contributed by atoms with Crippen LogP contribution < -0.4 is 10.1 Å². The number of pyridine rings is 1. The lowest BCUT2D eigenvalue weighted by molar-refractivity contribution is 0.0526. The zero-order valence-electron chi connectivity index (χ0n) is 14.9. The largest absolute Gasteiger partial charge is 0.489 e. The Hall–Kier alpha value is -2.44. The SMILES string of the molecule is CCOC(=O)c1ccc2c(c1)CCC(CNCC(O)c1cccnc1)O2. The molecule has 0 radical (unpaired) electrons. The van der Waals surface area contributed by atoms with Crippen LogP contribution in [0, 0.1) is 0 Å². The first-order valence-corrected chi connectivity index (χ1v) is 8.92. The number of carbonyl (C=O) groups is 1. The summed E-state index contributed by atoms with van der Waals surface area (Å²) in [4.78, 5) is 15.8. The highest BCUT2D eigenvalue weighted by Crippen LogP contribution is 2.28. The topological polar surface area (TPSA) is 80.7 Å². The van der Waals surface area contributed by atoms with Crippen molar-refractivity contribution in [2.45, 2.75) is 32.0 Å². The molecule has 2 unspecified atom stereocenters. The van der Waals surface area contributed by atoms with Gasteiger partial charge in [0.05, 0.1) is 18.3 Å². The number of aliphatic hydroxyl groups excluding tert-OH is 1. The van der Waals surface area contributed by atoms with E-state index in [1.807, 2.05) is 24.3 Å². The lowest BCUT2D eigenvalue weighted by Gasteiger charge is -2.27. The summed E-state index contributed by atoms with van der Waals surface area (Å²) in [6.07, 6.45) is 4.50. The molecule has 0 spiro atoms. The van der Waals surface area contributed by atoms with Crippen LogP contribution >= 0.6 is 0 Å². The first-order chi connectivity index (χ1) is 12.7. The van der Waals surface area contributed by atoms with Crippen LogP contribution in [0.25, 0.3) is 0 Å². The predicted octanol–water partition coefficient (Wildman–Crippen LogP) is 2.28. The molecule has 1 aromatic heterocycles. The second-order valence-electron chi connectivity index (χ2n) is 6.28. The zero-order valence-corrected chi connectivity index (χ0v) is 14.9. The van der Waals surface area contributed by atoms with Crippen LogP contribution in [0.15, 0.2) is 42.7 Å². The fraction of sp³-hybridized carbons (Fsp3) is 0.400. The standard InChI is InChI=1S/C20H24N2O4/c1-2-25-20(24)15-6-8-19-14(10-15)5-7-17(26-19)12-22-13-18(23)16-4-3-9-21-11-16/h3-4,6,8-11,17-18,22-23H,2,5,7,12-13H2,1H3. The predicted molar refractivity (Wildman–Crippen MR) is 97.2 cm³/mol. The Morgan fingerprint density at radius 3 is 3.12 bits per heavy atom. The molecular weight excluding hydrogens is 332 g/mol. The van der Waals surface area contributed by atoms with E-state index in [1.165, 1.54) is 0 Å². The molecule has 1 aliphatic rings. The summed E-state index contributed by atoms with van der Waals surface area (Å²) in [5.41, 5.74) is 2.38. The number of hydrogen-bond acceptors (Lipinski definition) is 6. The fourth-order valence-electron chi connectivity index (χ4n) is 3.00. The number of rotatable bonds is 7. The molecule has 3 rings (SSSR count). The Labute approximate surface area is 153 Å². The lowest BCUT2D eigenvalue weighted by Crippen LogP contribution is -2.36. The molecule has 2 aromatic rings. The highest BCUT2D eigenvalue weighted by Gasteiger charge is 2.21. The van der Waals surface area contributed by atoms with E-state index in [4.69, 9.17) is 9.47 Å². The van der Waals surface area contributed by atoms with E-state index in [9.17, 15) is 9.90 Å². The van der Waals surface area contributed by atoms with Crippen molar-refractivity contribution in [1.29, 1.82) is 0 Å². The first-order valence-electron chi connectivity index (χ1n) is 8.92. The summed E-state index contributed by atoms with van der Waals surface area (Å²) in [5, 5.41) is 13.4. The van der Waals surface area contributed by atoms with Crippen molar-refractivity contribution in [2.24, 2.45) is 0 Å². The Kier molecular flexibility index (Phi) is 6.20. The number of nitrogens with one attached hydrogen (secondary N) is 1. The average molecular weight is 356 g/mol. The van der Waals surface area contributed by atoms with Gasteiger partial charge in [-0.2, -0.15) is 0 Å². The van der Waals surface area contributed by atoms with Crippen molar-refractivity contribution in [3.63, 3.8) is 0 Å². The van der Waals surface area contributed by atoms with Gasteiger partial charge in [-0.1, -0.05) is 6.07 Å². The molecule has 0 saturated carbocycles. The van der Waals surface area contributed by atoms with E-state index in [1.54, 1.807) is 25.4 Å². The van der Waals surface area contributed by atoms with Crippen molar-refractivity contribution < 1.29 is 19.4 Å². The van der Waals surface area contributed by atoms with Gasteiger partial charge in [0, 0.05) is 31.0 Å². The number of esters is 1. The molecule has 26 heavy (non-hydrogen) atoms. The summed E-state index contributed by atoms with van der Waals surface area (Å²) >= 11 is 0. The Bertz CT molecular complexity index is 736. The summed E-state index contributed by atoms with van der Waals surface area (Å²) < 4.78 is 11.0. The van der Waals surface area contributed by atoms with Crippen LogP contribution in [0.5, 0.6) is 5.75 Å². The number of fused-ring (bicyclic) bond motifs is 1. The maximum atomic E-state index is 11.8. The number of aromatic nitrogens is 1. The minimum Gasteiger partial charge on any atom is -0.489 e. The van der Waals surface area contributed by atoms with Gasteiger partial charge in [0.25, 0.3) is 0 Å². The first kappa shape index (κ1) is 18.4. The molecule has 0 aliphatic carbocycles. The van der Waals surface area contributed by atoms with E-state index in [0.717, 1.165) is 29.7 Å². The van der Waals surface area contributed by atoms with Gasteiger partial charge in [-0.05, 0) is 49.6 Å². The molecule has 2 N–H and O–H groups in total. The van der Waals surface area contributed by atoms with Gasteiger partial charge >= 0.3 is 5.97 Å². The number of aliphatic hydroxyl groups is 1. The molecule has 2 atom stereocenters. The number of ether oxygens (including phenoxy) is 2. The molecule has 0 bridgehead atoms. The Balaban J connectivity index is 1.50.